The Kier molecular flexibility index (Phi) is 4.18. The van der Waals surface area contributed by atoms with Crippen LogP contribution in [0.3, 0.4) is 0 Å². The fourth-order valence-electron chi connectivity index (χ4n) is 5.64. The molecule has 26 heavy (non-hydrogen) atoms. The summed E-state index contributed by atoms with van der Waals surface area (Å²) >= 11 is 1.80. The molecular weight excluding hydrogens is 348 g/mol. The SMILES string of the molecule is C[C@@H]1CCC2[C@@H](C)[C@@H](Sc3ccccc3)OC3O[C@]4(C)CCC1[C@]32OO4. The van der Waals surface area contributed by atoms with Crippen LogP contribution >= 0.6 is 11.8 Å². The second-order valence-corrected chi connectivity index (χ2v) is 9.88. The van der Waals surface area contributed by atoms with Crippen LogP contribution in [-0.2, 0) is 19.2 Å². The number of hydrogen-bond donors (Lipinski definition) is 0. The number of hydrogen-bond acceptors (Lipinski definition) is 5. The van der Waals surface area contributed by atoms with E-state index in [1.165, 1.54) is 11.3 Å². The molecule has 0 aromatic heterocycles. The average molecular weight is 377 g/mol. The first kappa shape index (κ1) is 17.5. The molecule has 1 aliphatic carbocycles. The topological polar surface area (TPSA) is 36.9 Å². The quantitative estimate of drug-likeness (QED) is 0.680. The van der Waals surface area contributed by atoms with E-state index in [0.29, 0.717) is 23.7 Å². The molecule has 0 amide bonds. The van der Waals surface area contributed by atoms with Gasteiger partial charge < -0.3 is 9.47 Å². The zero-order valence-electron chi connectivity index (χ0n) is 15.7. The van der Waals surface area contributed by atoms with Crippen molar-refractivity contribution in [2.45, 2.75) is 74.5 Å². The van der Waals surface area contributed by atoms with Crippen molar-refractivity contribution in [3.05, 3.63) is 30.3 Å². The first-order valence-electron chi connectivity index (χ1n) is 9.94. The molecule has 8 atom stereocenters. The third kappa shape index (κ3) is 2.51. The lowest BCUT2D eigenvalue weighted by molar-refractivity contribution is -0.568. The summed E-state index contributed by atoms with van der Waals surface area (Å²) in [7, 11) is 0. The highest BCUT2D eigenvalue weighted by Gasteiger charge is 2.69. The van der Waals surface area contributed by atoms with Gasteiger partial charge in [-0.05, 0) is 56.1 Å². The van der Waals surface area contributed by atoms with E-state index < -0.39 is 11.4 Å². The van der Waals surface area contributed by atoms with Crippen molar-refractivity contribution in [2.75, 3.05) is 0 Å². The molecule has 4 heterocycles. The van der Waals surface area contributed by atoms with Gasteiger partial charge >= 0.3 is 0 Å². The molecular formula is C21H28O4S. The zero-order valence-corrected chi connectivity index (χ0v) is 16.5. The van der Waals surface area contributed by atoms with Gasteiger partial charge in [0.15, 0.2) is 11.9 Å². The van der Waals surface area contributed by atoms with Gasteiger partial charge in [0.2, 0.25) is 5.79 Å². The van der Waals surface area contributed by atoms with Crippen LogP contribution in [0.1, 0.15) is 46.5 Å². The molecule has 1 spiro atoms. The second-order valence-electron chi connectivity index (χ2n) is 8.70. The first-order chi connectivity index (χ1) is 12.5. The van der Waals surface area contributed by atoms with Crippen molar-refractivity contribution in [1.29, 1.82) is 0 Å². The van der Waals surface area contributed by atoms with E-state index in [4.69, 9.17) is 19.2 Å². The van der Waals surface area contributed by atoms with E-state index in [9.17, 15) is 0 Å². The molecule has 4 nitrogen and oxygen atoms in total. The smallest absolute Gasteiger partial charge is 0.201 e. The number of thioether (sulfide) groups is 1. The highest BCUT2D eigenvalue weighted by molar-refractivity contribution is 7.99. The third-order valence-electron chi connectivity index (χ3n) is 7.09. The van der Waals surface area contributed by atoms with E-state index >= 15 is 0 Å². The standard InChI is InChI=1S/C21H28O4S/c1-13-9-10-17-14(2)18(26-15-7-5-4-6-8-15)22-19-21(17)16(13)11-12-20(3,23-19)24-25-21/h4-8,13-14,16-19H,9-12H2,1-3H3/t13-,14-,16?,17?,18-,19?,20+,21-/m1/s1. The lowest BCUT2D eigenvalue weighted by Crippen LogP contribution is -2.70. The summed E-state index contributed by atoms with van der Waals surface area (Å²) in [5.74, 6) is 1.11. The summed E-state index contributed by atoms with van der Waals surface area (Å²) in [5, 5.41) is 0. The summed E-state index contributed by atoms with van der Waals surface area (Å²) < 4.78 is 13.0. The Morgan fingerprint density at radius 1 is 1.00 bits per heavy atom. The van der Waals surface area contributed by atoms with Crippen LogP contribution in [0.5, 0.6) is 0 Å². The third-order valence-corrected chi connectivity index (χ3v) is 8.41. The molecule has 1 aromatic carbocycles. The minimum atomic E-state index is -0.694. The van der Waals surface area contributed by atoms with E-state index in [0.717, 1.165) is 19.3 Å². The van der Waals surface area contributed by atoms with Gasteiger partial charge in [-0.15, -0.1) is 0 Å². The van der Waals surface area contributed by atoms with Crippen molar-refractivity contribution in [3.8, 4) is 0 Å². The van der Waals surface area contributed by atoms with Crippen LogP contribution < -0.4 is 0 Å². The molecule has 6 rings (SSSR count). The average Bonchev–Trinajstić information content (AvgIpc) is 2.86. The molecule has 5 aliphatic rings. The minimum absolute atomic E-state index is 0.0682. The maximum atomic E-state index is 6.60. The number of fused-ring (bicyclic) bond motifs is 2. The van der Waals surface area contributed by atoms with Crippen LogP contribution in [0.2, 0.25) is 0 Å². The summed E-state index contributed by atoms with van der Waals surface area (Å²) in [6, 6.07) is 10.5. The summed E-state index contributed by atoms with van der Waals surface area (Å²) in [6.45, 7) is 6.65. The molecule has 0 radical (unpaired) electrons. The number of benzene rings is 1. The largest absolute Gasteiger partial charge is 0.335 e. The van der Waals surface area contributed by atoms with Gasteiger partial charge in [-0.1, -0.05) is 43.8 Å². The van der Waals surface area contributed by atoms with Gasteiger partial charge in [0.25, 0.3) is 0 Å². The molecule has 4 saturated heterocycles. The second kappa shape index (κ2) is 6.21. The highest BCUT2D eigenvalue weighted by atomic mass is 32.2. The van der Waals surface area contributed by atoms with E-state index in [1.54, 1.807) is 11.8 Å². The van der Waals surface area contributed by atoms with E-state index in [2.05, 4.69) is 44.2 Å². The zero-order chi connectivity index (χ0) is 17.9. The number of rotatable bonds is 2. The lowest BCUT2D eigenvalue weighted by atomic mass is 9.58. The van der Waals surface area contributed by atoms with E-state index in [-0.39, 0.29) is 11.7 Å². The fraction of sp³-hybridized carbons (Fsp3) is 0.714. The predicted octanol–water partition coefficient (Wildman–Crippen LogP) is 4.99. The first-order valence-corrected chi connectivity index (χ1v) is 10.8. The Balaban J connectivity index is 1.50. The van der Waals surface area contributed by atoms with Gasteiger partial charge in [0.05, 0.1) is 0 Å². The van der Waals surface area contributed by atoms with E-state index in [1.807, 2.05) is 6.92 Å². The predicted molar refractivity (Wildman–Crippen MR) is 99.1 cm³/mol. The van der Waals surface area contributed by atoms with Gasteiger partial charge in [0.1, 0.15) is 5.44 Å². The summed E-state index contributed by atoms with van der Waals surface area (Å²) in [6.07, 6.45) is 3.99. The normalized spacial score (nSPS) is 50.1. The molecule has 4 aliphatic heterocycles. The molecule has 1 saturated carbocycles. The van der Waals surface area contributed by atoms with Crippen LogP contribution in [0.25, 0.3) is 0 Å². The van der Waals surface area contributed by atoms with Crippen LogP contribution in [0.15, 0.2) is 35.2 Å². The Morgan fingerprint density at radius 3 is 2.62 bits per heavy atom. The van der Waals surface area contributed by atoms with Crippen LogP contribution in [0.4, 0.5) is 0 Å². The number of ether oxygens (including phenoxy) is 2. The van der Waals surface area contributed by atoms with Gasteiger partial charge in [-0.2, -0.15) is 0 Å². The van der Waals surface area contributed by atoms with Gasteiger partial charge in [-0.3, -0.25) is 0 Å². The summed E-state index contributed by atoms with van der Waals surface area (Å²) in [5.41, 5.74) is -0.389. The maximum Gasteiger partial charge on any atom is 0.201 e. The van der Waals surface area contributed by atoms with Crippen LogP contribution in [-0.4, -0.2) is 23.1 Å². The monoisotopic (exact) mass is 376 g/mol. The minimum Gasteiger partial charge on any atom is -0.335 e. The van der Waals surface area contributed by atoms with Crippen molar-refractivity contribution in [1.82, 2.24) is 0 Å². The van der Waals surface area contributed by atoms with Crippen molar-refractivity contribution in [2.24, 2.45) is 23.7 Å². The summed E-state index contributed by atoms with van der Waals surface area (Å²) in [4.78, 5) is 13.3. The molecule has 5 fully saturated rings. The lowest BCUT2D eigenvalue weighted by Gasteiger charge is -2.60. The van der Waals surface area contributed by atoms with Gasteiger partial charge in [-0.25, -0.2) is 9.78 Å². The molecule has 2 bridgehead atoms. The van der Waals surface area contributed by atoms with Crippen molar-refractivity contribution in [3.63, 3.8) is 0 Å². The fourth-order valence-corrected chi connectivity index (χ4v) is 6.78. The van der Waals surface area contributed by atoms with Crippen molar-refractivity contribution < 1.29 is 19.2 Å². The molecule has 5 heteroatoms. The Hall–Kier alpha value is -0.590. The Labute approximate surface area is 159 Å². The Bertz CT molecular complexity index is 669. The molecule has 1 aromatic rings. The molecule has 0 N–H and O–H groups in total. The highest BCUT2D eigenvalue weighted by Crippen LogP contribution is 2.61. The Morgan fingerprint density at radius 2 is 1.81 bits per heavy atom. The van der Waals surface area contributed by atoms with Gasteiger partial charge in [0, 0.05) is 17.2 Å². The van der Waals surface area contributed by atoms with Crippen LogP contribution in [0, 0.1) is 23.7 Å². The van der Waals surface area contributed by atoms with Crippen molar-refractivity contribution >= 4 is 11.8 Å². The molecule has 142 valence electrons. The molecule has 3 unspecified atom stereocenters. The maximum absolute atomic E-state index is 6.60.